The van der Waals surface area contributed by atoms with E-state index in [4.69, 9.17) is 9.47 Å². The minimum absolute atomic E-state index is 0.275. The van der Waals surface area contributed by atoms with Crippen molar-refractivity contribution in [1.82, 2.24) is 0 Å². The van der Waals surface area contributed by atoms with Gasteiger partial charge in [-0.3, -0.25) is 4.79 Å². The average Bonchev–Trinajstić information content (AvgIpc) is 2.59. The fourth-order valence-electron chi connectivity index (χ4n) is 2.10. The summed E-state index contributed by atoms with van der Waals surface area (Å²) in [4.78, 5) is 24.1. The minimum Gasteiger partial charge on any atom is -0.481 e. The van der Waals surface area contributed by atoms with E-state index in [1.807, 2.05) is 6.92 Å². The van der Waals surface area contributed by atoms with Crippen molar-refractivity contribution in [1.29, 1.82) is 0 Å². The van der Waals surface area contributed by atoms with E-state index in [0.29, 0.717) is 17.0 Å². The first kappa shape index (κ1) is 18.4. The molecule has 2 aromatic carbocycles. The zero-order chi connectivity index (χ0) is 18.4. The van der Waals surface area contributed by atoms with Gasteiger partial charge in [-0.05, 0) is 62.7 Å². The standard InChI is InChI=1S/C19H20FNO4/c1-4-24-19(23)14-6-5-12(2)17(11-14)21-18(22)13(3)25-16-9-7-15(20)8-10-16/h5-11,13H,4H2,1-3H3,(H,21,22)/t13-/m0/s1. The van der Waals surface area contributed by atoms with Gasteiger partial charge in [0.1, 0.15) is 11.6 Å². The molecule has 2 rings (SSSR count). The van der Waals surface area contributed by atoms with Gasteiger partial charge in [0.05, 0.1) is 12.2 Å². The van der Waals surface area contributed by atoms with Gasteiger partial charge in [-0.25, -0.2) is 9.18 Å². The molecule has 2 aromatic rings. The topological polar surface area (TPSA) is 64.6 Å². The molecule has 0 aliphatic rings. The third kappa shape index (κ3) is 5.04. The Bertz CT molecular complexity index is 759. The van der Waals surface area contributed by atoms with Crippen LogP contribution in [0.25, 0.3) is 0 Å². The smallest absolute Gasteiger partial charge is 0.338 e. The molecular weight excluding hydrogens is 325 g/mol. The molecule has 0 aromatic heterocycles. The summed E-state index contributed by atoms with van der Waals surface area (Å²) in [6.45, 7) is 5.40. The van der Waals surface area contributed by atoms with Crippen LogP contribution in [0.5, 0.6) is 5.75 Å². The fourth-order valence-corrected chi connectivity index (χ4v) is 2.10. The Morgan fingerprint density at radius 1 is 1.16 bits per heavy atom. The normalized spacial score (nSPS) is 11.5. The lowest BCUT2D eigenvalue weighted by molar-refractivity contribution is -0.122. The molecule has 0 unspecified atom stereocenters. The van der Waals surface area contributed by atoms with Crippen LogP contribution in [0.2, 0.25) is 0 Å². The molecule has 0 saturated carbocycles. The molecule has 0 fully saturated rings. The number of halogens is 1. The van der Waals surface area contributed by atoms with E-state index in [1.54, 1.807) is 32.0 Å². The largest absolute Gasteiger partial charge is 0.481 e. The van der Waals surface area contributed by atoms with Crippen LogP contribution in [-0.2, 0) is 9.53 Å². The number of nitrogens with one attached hydrogen (secondary N) is 1. The molecule has 25 heavy (non-hydrogen) atoms. The lowest BCUT2D eigenvalue weighted by Gasteiger charge is -2.16. The molecule has 6 heteroatoms. The summed E-state index contributed by atoms with van der Waals surface area (Å²) in [5.74, 6) is -0.820. The van der Waals surface area contributed by atoms with Gasteiger partial charge in [-0.2, -0.15) is 0 Å². The van der Waals surface area contributed by atoms with Crippen molar-refractivity contribution in [3.8, 4) is 5.75 Å². The molecule has 1 atom stereocenters. The van der Waals surface area contributed by atoms with Gasteiger partial charge in [-0.15, -0.1) is 0 Å². The van der Waals surface area contributed by atoms with Crippen LogP contribution in [0.15, 0.2) is 42.5 Å². The van der Waals surface area contributed by atoms with Crippen molar-refractivity contribution in [2.75, 3.05) is 11.9 Å². The fraction of sp³-hybridized carbons (Fsp3) is 0.263. The predicted octanol–water partition coefficient (Wildman–Crippen LogP) is 3.72. The molecule has 0 radical (unpaired) electrons. The summed E-state index contributed by atoms with van der Waals surface area (Å²) in [6.07, 6.45) is -0.795. The van der Waals surface area contributed by atoms with Crippen LogP contribution >= 0.6 is 0 Å². The molecule has 0 aliphatic carbocycles. The molecule has 0 spiro atoms. The van der Waals surface area contributed by atoms with E-state index in [1.165, 1.54) is 24.3 Å². The maximum Gasteiger partial charge on any atom is 0.338 e. The molecule has 1 amide bonds. The van der Waals surface area contributed by atoms with Gasteiger partial charge >= 0.3 is 5.97 Å². The van der Waals surface area contributed by atoms with Gasteiger partial charge in [0.25, 0.3) is 5.91 Å². The minimum atomic E-state index is -0.795. The Balaban J connectivity index is 2.07. The van der Waals surface area contributed by atoms with Crippen molar-refractivity contribution in [3.63, 3.8) is 0 Å². The van der Waals surface area contributed by atoms with Gasteiger partial charge in [-0.1, -0.05) is 6.07 Å². The Kier molecular flexibility index (Phi) is 6.11. The Morgan fingerprint density at radius 3 is 2.48 bits per heavy atom. The van der Waals surface area contributed by atoms with Crippen LogP contribution in [0.1, 0.15) is 29.8 Å². The molecule has 5 nitrogen and oxygen atoms in total. The molecule has 132 valence electrons. The number of aryl methyl sites for hydroxylation is 1. The zero-order valence-corrected chi connectivity index (χ0v) is 14.3. The first-order valence-corrected chi connectivity index (χ1v) is 7.91. The van der Waals surface area contributed by atoms with E-state index < -0.39 is 12.1 Å². The van der Waals surface area contributed by atoms with E-state index in [-0.39, 0.29) is 18.3 Å². The van der Waals surface area contributed by atoms with Crippen molar-refractivity contribution < 1.29 is 23.5 Å². The maximum absolute atomic E-state index is 12.9. The maximum atomic E-state index is 12.9. The molecule has 0 aliphatic heterocycles. The van der Waals surface area contributed by atoms with Crippen molar-refractivity contribution in [3.05, 3.63) is 59.4 Å². The highest BCUT2D eigenvalue weighted by Crippen LogP contribution is 2.19. The van der Waals surface area contributed by atoms with Crippen LogP contribution in [-0.4, -0.2) is 24.6 Å². The Hall–Kier alpha value is -2.89. The Labute approximate surface area is 145 Å². The number of carbonyl (C=O) groups excluding carboxylic acids is 2. The summed E-state index contributed by atoms with van der Waals surface area (Å²) in [5.41, 5.74) is 1.66. The van der Waals surface area contributed by atoms with Crippen molar-refractivity contribution in [2.45, 2.75) is 26.9 Å². The van der Waals surface area contributed by atoms with Crippen LogP contribution < -0.4 is 10.1 Å². The molecule has 0 heterocycles. The lowest BCUT2D eigenvalue weighted by Crippen LogP contribution is -2.30. The highest BCUT2D eigenvalue weighted by molar-refractivity contribution is 5.97. The van der Waals surface area contributed by atoms with Crippen molar-refractivity contribution in [2.24, 2.45) is 0 Å². The number of rotatable bonds is 6. The highest BCUT2D eigenvalue weighted by Gasteiger charge is 2.17. The van der Waals surface area contributed by atoms with E-state index in [0.717, 1.165) is 5.56 Å². The third-order valence-corrected chi connectivity index (χ3v) is 3.50. The number of ether oxygens (including phenoxy) is 2. The van der Waals surface area contributed by atoms with E-state index in [2.05, 4.69) is 5.32 Å². The SMILES string of the molecule is CCOC(=O)c1ccc(C)c(NC(=O)[C@H](C)Oc2ccc(F)cc2)c1. The van der Waals surface area contributed by atoms with Gasteiger partial charge in [0.15, 0.2) is 6.10 Å². The van der Waals surface area contributed by atoms with E-state index in [9.17, 15) is 14.0 Å². The zero-order valence-electron chi connectivity index (χ0n) is 14.3. The van der Waals surface area contributed by atoms with Gasteiger partial charge in [0, 0.05) is 5.69 Å². The van der Waals surface area contributed by atoms with Crippen molar-refractivity contribution >= 4 is 17.6 Å². The third-order valence-electron chi connectivity index (χ3n) is 3.50. The summed E-state index contributed by atoms with van der Waals surface area (Å²) < 4.78 is 23.3. The van der Waals surface area contributed by atoms with Crippen LogP contribution in [0, 0.1) is 12.7 Å². The monoisotopic (exact) mass is 345 g/mol. The summed E-state index contributed by atoms with van der Waals surface area (Å²) >= 11 is 0. The molecule has 0 bridgehead atoms. The molecular formula is C19H20FNO4. The van der Waals surface area contributed by atoms with Crippen LogP contribution in [0.3, 0.4) is 0 Å². The number of hydrogen-bond acceptors (Lipinski definition) is 4. The first-order valence-electron chi connectivity index (χ1n) is 7.91. The number of hydrogen-bond donors (Lipinski definition) is 1. The molecule has 1 N–H and O–H groups in total. The van der Waals surface area contributed by atoms with Gasteiger partial charge < -0.3 is 14.8 Å². The number of benzene rings is 2. The van der Waals surface area contributed by atoms with Crippen LogP contribution in [0.4, 0.5) is 10.1 Å². The summed E-state index contributed by atoms with van der Waals surface area (Å²) in [6, 6.07) is 10.3. The first-order chi connectivity index (χ1) is 11.9. The molecule has 0 saturated heterocycles. The summed E-state index contributed by atoms with van der Waals surface area (Å²) in [5, 5.41) is 2.73. The predicted molar refractivity (Wildman–Crippen MR) is 92.3 cm³/mol. The van der Waals surface area contributed by atoms with E-state index >= 15 is 0 Å². The number of amides is 1. The highest BCUT2D eigenvalue weighted by atomic mass is 19.1. The second kappa shape index (κ2) is 8.28. The Morgan fingerprint density at radius 2 is 1.84 bits per heavy atom. The second-order valence-electron chi connectivity index (χ2n) is 5.45. The second-order valence-corrected chi connectivity index (χ2v) is 5.45. The quantitative estimate of drug-likeness (QED) is 0.811. The number of esters is 1. The average molecular weight is 345 g/mol. The summed E-state index contributed by atoms with van der Waals surface area (Å²) in [7, 11) is 0. The lowest BCUT2D eigenvalue weighted by atomic mass is 10.1. The number of anilines is 1. The number of carbonyl (C=O) groups is 2. The van der Waals surface area contributed by atoms with Gasteiger partial charge in [0.2, 0.25) is 0 Å².